The Morgan fingerprint density at radius 3 is 0.886 bits per heavy atom. The van der Waals surface area contributed by atoms with Gasteiger partial charge in [0.1, 0.15) is 0 Å². The molecular formula is C62H116N4O4. The zero-order chi connectivity index (χ0) is 51.1. The summed E-state index contributed by atoms with van der Waals surface area (Å²) in [7, 11) is 0. The van der Waals surface area contributed by atoms with Crippen LogP contribution in [0.2, 0.25) is 0 Å². The van der Waals surface area contributed by atoms with E-state index in [2.05, 4.69) is 87.1 Å². The summed E-state index contributed by atoms with van der Waals surface area (Å²) in [6.45, 7) is 15.5. The van der Waals surface area contributed by atoms with Crippen molar-refractivity contribution >= 4 is 23.6 Å². The normalized spacial score (nSPS) is 18.0. The number of unbranched alkanes of at least 4 members (excludes halogenated alkanes) is 26. The first-order valence-corrected chi connectivity index (χ1v) is 30.7. The Kier molecular flexibility index (Phi) is 44.2. The predicted octanol–water partition coefficient (Wildman–Crippen LogP) is 16.2. The molecule has 0 spiro atoms. The molecule has 6 unspecified atom stereocenters. The highest BCUT2D eigenvalue weighted by Crippen LogP contribution is 2.39. The molecule has 70 heavy (non-hydrogen) atoms. The molecule has 0 heterocycles. The lowest BCUT2D eigenvalue weighted by molar-refractivity contribution is -0.147. The number of carbonyl (C=O) groups excluding carboxylic acids is 4. The topological polar surface area (TPSA) is 116 Å². The molecule has 0 aliphatic heterocycles. The van der Waals surface area contributed by atoms with Crippen molar-refractivity contribution in [1.82, 2.24) is 21.3 Å². The van der Waals surface area contributed by atoms with E-state index in [-0.39, 0.29) is 36.5 Å². The van der Waals surface area contributed by atoms with Crippen LogP contribution in [0.5, 0.6) is 0 Å². The average Bonchev–Trinajstić information content (AvgIpc) is 3.37. The minimum Gasteiger partial charge on any atom is -0.356 e. The van der Waals surface area contributed by atoms with E-state index in [4.69, 9.17) is 0 Å². The molecule has 1 saturated carbocycles. The molecule has 1 aliphatic carbocycles. The van der Waals surface area contributed by atoms with Gasteiger partial charge in [0.25, 0.3) is 0 Å². The van der Waals surface area contributed by atoms with Crippen LogP contribution in [-0.2, 0) is 19.2 Å². The van der Waals surface area contributed by atoms with Crippen molar-refractivity contribution < 1.29 is 19.2 Å². The summed E-state index contributed by atoms with van der Waals surface area (Å²) >= 11 is 0. The smallest absolute Gasteiger partial charge is 0.223 e. The van der Waals surface area contributed by atoms with E-state index in [1.165, 1.54) is 128 Å². The largest absolute Gasteiger partial charge is 0.356 e. The van der Waals surface area contributed by atoms with Crippen molar-refractivity contribution in [2.45, 2.75) is 286 Å². The third-order valence-corrected chi connectivity index (χ3v) is 15.5. The lowest BCUT2D eigenvalue weighted by Crippen LogP contribution is -2.54. The molecule has 0 radical (unpaired) electrons. The van der Waals surface area contributed by atoms with Gasteiger partial charge >= 0.3 is 0 Å². The van der Waals surface area contributed by atoms with Crippen molar-refractivity contribution in [2.75, 3.05) is 26.2 Å². The van der Waals surface area contributed by atoms with Crippen LogP contribution in [0, 0.1) is 35.5 Å². The van der Waals surface area contributed by atoms with Gasteiger partial charge in [-0.2, -0.15) is 0 Å². The van der Waals surface area contributed by atoms with Crippen LogP contribution < -0.4 is 21.3 Å². The van der Waals surface area contributed by atoms with Gasteiger partial charge in [-0.25, -0.2) is 0 Å². The van der Waals surface area contributed by atoms with E-state index in [9.17, 15) is 19.2 Å². The summed E-state index contributed by atoms with van der Waals surface area (Å²) in [4.78, 5) is 56.9. The lowest BCUT2D eigenvalue weighted by atomic mass is 9.66. The van der Waals surface area contributed by atoms with Crippen LogP contribution in [0.25, 0.3) is 0 Å². The number of carbonyl (C=O) groups is 4. The maximum atomic E-state index is 14.2. The van der Waals surface area contributed by atoms with E-state index in [0.29, 0.717) is 38.0 Å². The molecule has 0 aromatic carbocycles. The van der Waals surface area contributed by atoms with E-state index in [0.717, 1.165) is 103 Å². The molecule has 1 rings (SSSR count). The van der Waals surface area contributed by atoms with Crippen LogP contribution in [0.3, 0.4) is 0 Å². The Labute approximate surface area is 433 Å². The summed E-state index contributed by atoms with van der Waals surface area (Å²) in [5.41, 5.74) is 0. The van der Waals surface area contributed by atoms with Crippen molar-refractivity contribution in [1.29, 1.82) is 0 Å². The quantitative estimate of drug-likeness (QED) is 0.0359. The lowest BCUT2D eigenvalue weighted by Gasteiger charge is -2.39. The van der Waals surface area contributed by atoms with E-state index in [1.54, 1.807) is 0 Å². The van der Waals surface area contributed by atoms with Crippen LogP contribution >= 0.6 is 0 Å². The zero-order valence-electron chi connectivity index (χ0n) is 47.1. The number of amides is 4. The van der Waals surface area contributed by atoms with Crippen molar-refractivity contribution in [2.24, 2.45) is 35.5 Å². The van der Waals surface area contributed by atoms with E-state index < -0.39 is 23.7 Å². The molecule has 1 aliphatic rings. The molecule has 1 fully saturated rings. The standard InChI is InChI=1S/C62H116N4O4/c1-7-13-17-19-21-23-25-27-29-31-33-35-37-39-41-43-47-63-59(67)55-49-57(61(69)65-51-53(11-5)45-15-9-3)58(62(70)66-52-54(12-6)46-16-10-4)50-56(55)60(68)64-48-44-42-40-38-36-34-32-30-28-26-24-22-20-18-14-8-2/h27-30,53-58H,7-26,31-52H2,1-6H3,(H,63,67)(H,64,68)(H,65,69)(H,66,70)/b29-27-,30-28-. The molecule has 4 amide bonds. The molecule has 408 valence electrons. The molecule has 4 N–H and O–H groups in total. The molecular weight excluding hydrogens is 865 g/mol. The third kappa shape index (κ3) is 33.9. The monoisotopic (exact) mass is 981 g/mol. The van der Waals surface area contributed by atoms with E-state index in [1.807, 2.05) is 0 Å². The van der Waals surface area contributed by atoms with Crippen LogP contribution in [0.15, 0.2) is 24.3 Å². The van der Waals surface area contributed by atoms with E-state index >= 15 is 0 Å². The molecule has 0 saturated heterocycles. The molecule has 0 aromatic heterocycles. The molecule has 8 nitrogen and oxygen atoms in total. The fourth-order valence-electron chi connectivity index (χ4n) is 10.4. The summed E-state index contributed by atoms with van der Waals surface area (Å²) in [5, 5.41) is 12.9. The van der Waals surface area contributed by atoms with Crippen molar-refractivity contribution in [3.05, 3.63) is 24.3 Å². The minimum absolute atomic E-state index is 0.151. The Hall–Kier alpha value is -2.64. The van der Waals surface area contributed by atoms with Crippen LogP contribution in [-0.4, -0.2) is 49.8 Å². The SMILES string of the molecule is CCCCCCCC/C=C\CCCCCCCCNC(=O)C1CC(C(=O)NCC(CC)CCCC)C(C(=O)NCC(CC)CCCC)CC1C(=O)NCCCCCCCC/C=C\CCCCCCCC. The first-order valence-electron chi connectivity index (χ1n) is 30.7. The molecule has 8 heteroatoms. The predicted molar refractivity (Wildman–Crippen MR) is 301 cm³/mol. The van der Waals surface area contributed by atoms with Crippen LogP contribution in [0.1, 0.15) is 286 Å². The second-order valence-corrected chi connectivity index (χ2v) is 21.7. The van der Waals surface area contributed by atoms with Gasteiger partial charge in [0.15, 0.2) is 0 Å². The number of hydrogen-bond acceptors (Lipinski definition) is 4. The molecule has 0 bridgehead atoms. The zero-order valence-corrected chi connectivity index (χ0v) is 47.1. The average molecular weight is 982 g/mol. The maximum absolute atomic E-state index is 14.2. The minimum atomic E-state index is -0.666. The Morgan fingerprint density at radius 1 is 0.343 bits per heavy atom. The highest BCUT2D eigenvalue weighted by atomic mass is 16.2. The first kappa shape index (κ1) is 65.4. The van der Waals surface area contributed by atoms with Crippen LogP contribution in [0.4, 0.5) is 0 Å². The summed E-state index contributed by atoms with van der Waals surface area (Å²) in [6.07, 6.45) is 52.9. The summed E-state index contributed by atoms with van der Waals surface area (Å²) in [5.74, 6) is -2.51. The number of nitrogens with one attached hydrogen (secondary N) is 4. The first-order chi connectivity index (χ1) is 34.3. The van der Waals surface area contributed by atoms with Crippen molar-refractivity contribution in [3.8, 4) is 0 Å². The van der Waals surface area contributed by atoms with Gasteiger partial charge in [0, 0.05) is 26.2 Å². The highest BCUT2D eigenvalue weighted by molar-refractivity contribution is 5.93. The maximum Gasteiger partial charge on any atom is 0.223 e. The number of allylic oxidation sites excluding steroid dienone is 4. The second-order valence-electron chi connectivity index (χ2n) is 21.7. The van der Waals surface area contributed by atoms with Gasteiger partial charge in [0.05, 0.1) is 23.7 Å². The van der Waals surface area contributed by atoms with Crippen molar-refractivity contribution in [3.63, 3.8) is 0 Å². The van der Waals surface area contributed by atoms with Gasteiger partial charge < -0.3 is 21.3 Å². The Balaban J connectivity index is 2.88. The van der Waals surface area contributed by atoms with Gasteiger partial charge in [-0.1, -0.05) is 220 Å². The van der Waals surface area contributed by atoms with Gasteiger partial charge in [-0.3, -0.25) is 19.2 Å². The van der Waals surface area contributed by atoms with Gasteiger partial charge in [0.2, 0.25) is 23.6 Å². The Bertz CT molecular complexity index is 1220. The highest BCUT2D eigenvalue weighted by Gasteiger charge is 2.48. The second kappa shape index (κ2) is 47.4. The fraction of sp³-hybridized carbons (Fsp3) is 0.871. The van der Waals surface area contributed by atoms with Gasteiger partial charge in [-0.15, -0.1) is 0 Å². The Morgan fingerprint density at radius 2 is 0.600 bits per heavy atom. The molecule has 0 aromatic rings. The molecule has 6 atom stereocenters. The third-order valence-electron chi connectivity index (χ3n) is 15.5. The fourth-order valence-corrected chi connectivity index (χ4v) is 10.4. The van der Waals surface area contributed by atoms with Gasteiger partial charge in [-0.05, 0) is 102 Å². The number of hydrogen-bond donors (Lipinski definition) is 4. The summed E-state index contributed by atoms with van der Waals surface area (Å²) in [6, 6.07) is 0. The summed E-state index contributed by atoms with van der Waals surface area (Å²) < 4.78 is 0. The number of rotatable bonds is 48.